The van der Waals surface area contributed by atoms with E-state index in [4.69, 9.17) is 23.2 Å². The van der Waals surface area contributed by atoms with Crippen LogP contribution in [0, 0.1) is 0 Å². The Morgan fingerprint density at radius 3 is 2.11 bits per heavy atom. The summed E-state index contributed by atoms with van der Waals surface area (Å²) >= 11 is 12.1. The van der Waals surface area contributed by atoms with Gasteiger partial charge in [0.05, 0.1) is 11.5 Å². The molecule has 0 heterocycles. The van der Waals surface area contributed by atoms with Crippen molar-refractivity contribution < 1.29 is 5.11 Å². The second-order valence-corrected chi connectivity index (χ2v) is 5.14. The van der Waals surface area contributed by atoms with Crippen molar-refractivity contribution in [3.8, 4) is 0 Å². The SMILES string of the molecule is O[C@H](C[C@@H](Cl)c1ccccc1)c1ccc(Cl)cc1. The van der Waals surface area contributed by atoms with Gasteiger partial charge in [-0.25, -0.2) is 0 Å². The lowest BCUT2D eigenvalue weighted by Gasteiger charge is -2.15. The maximum atomic E-state index is 10.1. The molecule has 0 saturated carbocycles. The number of alkyl halides is 1. The monoisotopic (exact) mass is 280 g/mol. The van der Waals surface area contributed by atoms with Crippen LogP contribution in [-0.2, 0) is 0 Å². The predicted octanol–water partition coefficient (Wildman–Crippen LogP) is 4.74. The summed E-state index contributed by atoms with van der Waals surface area (Å²) in [6.45, 7) is 0. The maximum Gasteiger partial charge on any atom is 0.0807 e. The molecule has 2 aromatic carbocycles. The van der Waals surface area contributed by atoms with Gasteiger partial charge >= 0.3 is 0 Å². The first-order valence-electron chi connectivity index (χ1n) is 5.79. The van der Waals surface area contributed by atoms with Gasteiger partial charge in [0.15, 0.2) is 0 Å². The second kappa shape index (κ2) is 6.24. The number of aliphatic hydroxyl groups excluding tert-OH is 1. The molecule has 0 amide bonds. The summed E-state index contributed by atoms with van der Waals surface area (Å²) in [7, 11) is 0. The van der Waals surface area contributed by atoms with E-state index in [1.807, 2.05) is 42.5 Å². The highest BCUT2D eigenvalue weighted by Crippen LogP contribution is 2.31. The highest BCUT2D eigenvalue weighted by Gasteiger charge is 2.15. The quantitative estimate of drug-likeness (QED) is 0.802. The minimum Gasteiger partial charge on any atom is -0.388 e. The first-order chi connectivity index (χ1) is 8.66. The zero-order valence-electron chi connectivity index (χ0n) is 9.76. The van der Waals surface area contributed by atoms with Gasteiger partial charge in [0, 0.05) is 5.02 Å². The smallest absolute Gasteiger partial charge is 0.0807 e. The Morgan fingerprint density at radius 1 is 0.889 bits per heavy atom. The molecule has 0 unspecified atom stereocenters. The van der Waals surface area contributed by atoms with Crippen LogP contribution in [0.15, 0.2) is 54.6 Å². The van der Waals surface area contributed by atoms with Crippen LogP contribution in [0.5, 0.6) is 0 Å². The average Bonchev–Trinajstić information content (AvgIpc) is 2.40. The van der Waals surface area contributed by atoms with Crippen LogP contribution >= 0.6 is 23.2 Å². The molecular formula is C15H14Cl2O. The largest absolute Gasteiger partial charge is 0.388 e. The molecule has 2 rings (SSSR count). The molecule has 0 aliphatic rings. The standard InChI is InChI=1S/C15H14Cl2O/c16-13-8-6-12(7-9-13)15(18)10-14(17)11-4-2-1-3-5-11/h1-9,14-15,18H,10H2/t14-,15-/m1/s1. The fraction of sp³-hybridized carbons (Fsp3) is 0.200. The van der Waals surface area contributed by atoms with Gasteiger partial charge in [0.2, 0.25) is 0 Å². The number of halogens is 2. The molecule has 3 heteroatoms. The molecule has 2 aromatic rings. The van der Waals surface area contributed by atoms with E-state index in [2.05, 4.69) is 0 Å². The lowest BCUT2D eigenvalue weighted by atomic mass is 10.0. The van der Waals surface area contributed by atoms with Gasteiger partial charge < -0.3 is 5.11 Å². The van der Waals surface area contributed by atoms with E-state index in [0.29, 0.717) is 11.4 Å². The van der Waals surface area contributed by atoms with Crippen molar-refractivity contribution in [1.82, 2.24) is 0 Å². The van der Waals surface area contributed by atoms with Crippen LogP contribution in [0.2, 0.25) is 5.02 Å². The molecule has 0 aromatic heterocycles. The van der Waals surface area contributed by atoms with Crippen LogP contribution in [0.3, 0.4) is 0 Å². The van der Waals surface area contributed by atoms with E-state index in [0.717, 1.165) is 11.1 Å². The summed E-state index contributed by atoms with van der Waals surface area (Å²) in [5.41, 5.74) is 1.85. The Bertz CT molecular complexity index is 482. The molecule has 0 spiro atoms. The van der Waals surface area contributed by atoms with Crippen molar-refractivity contribution in [2.24, 2.45) is 0 Å². The molecule has 18 heavy (non-hydrogen) atoms. The Labute approximate surface area is 117 Å². The topological polar surface area (TPSA) is 20.2 Å². The van der Waals surface area contributed by atoms with Crippen LogP contribution in [0.1, 0.15) is 29.0 Å². The number of benzene rings is 2. The van der Waals surface area contributed by atoms with Crippen LogP contribution in [-0.4, -0.2) is 5.11 Å². The third kappa shape index (κ3) is 3.49. The minimum atomic E-state index is -0.579. The molecular weight excluding hydrogens is 267 g/mol. The number of aliphatic hydroxyl groups is 1. The minimum absolute atomic E-state index is 0.197. The van der Waals surface area contributed by atoms with Crippen molar-refractivity contribution >= 4 is 23.2 Å². The summed E-state index contributed by atoms with van der Waals surface area (Å²) in [6, 6.07) is 16.9. The zero-order valence-corrected chi connectivity index (χ0v) is 11.3. The molecule has 0 aliphatic carbocycles. The molecule has 94 valence electrons. The molecule has 1 nitrogen and oxygen atoms in total. The van der Waals surface area contributed by atoms with E-state index in [1.165, 1.54) is 0 Å². The molecule has 0 radical (unpaired) electrons. The van der Waals surface area contributed by atoms with Gasteiger partial charge in [-0.05, 0) is 29.7 Å². The van der Waals surface area contributed by atoms with E-state index in [9.17, 15) is 5.11 Å². The van der Waals surface area contributed by atoms with Crippen LogP contribution in [0.4, 0.5) is 0 Å². The lowest BCUT2D eigenvalue weighted by molar-refractivity contribution is 0.166. The van der Waals surface area contributed by atoms with E-state index in [1.54, 1.807) is 12.1 Å². The van der Waals surface area contributed by atoms with Crippen molar-refractivity contribution in [2.45, 2.75) is 17.9 Å². The second-order valence-electron chi connectivity index (χ2n) is 4.18. The Morgan fingerprint density at radius 2 is 1.50 bits per heavy atom. The van der Waals surface area contributed by atoms with Gasteiger partial charge in [0.1, 0.15) is 0 Å². The highest BCUT2D eigenvalue weighted by atomic mass is 35.5. The fourth-order valence-electron chi connectivity index (χ4n) is 1.81. The average molecular weight is 281 g/mol. The normalized spacial score (nSPS) is 14.2. The van der Waals surface area contributed by atoms with Gasteiger partial charge in [0.25, 0.3) is 0 Å². The summed E-state index contributed by atoms with van der Waals surface area (Å²) < 4.78 is 0. The Balaban J connectivity index is 2.03. The van der Waals surface area contributed by atoms with E-state index >= 15 is 0 Å². The Kier molecular flexibility index (Phi) is 4.65. The van der Waals surface area contributed by atoms with Crippen molar-refractivity contribution in [1.29, 1.82) is 0 Å². The van der Waals surface area contributed by atoms with Gasteiger partial charge in [-0.3, -0.25) is 0 Å². The molecule has 0 bridgehead atoms. The van der Waals surface area contributed by atoms with Crippen LogP contribution < -0.4 is 0 Å². The van der Waals surface area contributed by atoms with E-state index in [-0.39, 0.29) is 5.38 Å². The van der Waals surface area contributed by atoms with Gasteiger partial charge in [-0.2, -0.15) is 0 Å². The molecule has 2 atom stereocenters. The zero-order chi connectivity index (χ0) is 13.0. The predicted molar refractivity (Wildman–Crippen MR) is 76.1 cm³/mol. The van der Waals surface area contributed by atoms with Crippen molar-refractivity contribution in [3.63, 3.8) is 0 Å². The van der Waals surface area contributed by atoms with Crippen molar-refractivity contribution in [2.75, 3.05) is 0 Å². The maximum absolute atomic E-state index is 10.1. The third-order valence-electron chi connectivity index (χ3n) is 2.85. The summed E-state index contributed by atoms with van der Waals surface area (Å²) in [5.74, 6) is 0. The molecule has 1 N–H and O–H groups in total. The highest BCUT2D eigenvalue weighted by molar-refractivity contribution is 6.30. The molecule has 0 aliphatic heterocycles. The fourth-order valence-corrected chi connectivity index (χ4v) is 2.26. The number of rotatable bonds is 4. The third-order valence-corrected chi connectivity index (χ3v) is 3.53. The van der Waals surface area contributed by atoms with Crippen LogP contribution in [0.25, 0.3) is 0 Å². The molecule has 0 fully saturated rings. The first-order valence-corrected chi connectivity index (χ1v) is 6.61. The number of hydrogen-bond acceptors (Lipinski definition) is 1. The summed E-state index contributed by atoms with van der Waals surface area (Å²) in [6.07, 6.45) is -0.0994. The molecule has 0 saturated heterocycles. The Hall–Kier alpha value is -1.02. The number of hydrogen-bond donors (Lipinski definition) is 1. The summed E-state index contributed by atoms with van der Waals surface area (Å²) in [5, 5.41) is 10.6. The lowest BCUT2D eigenvalue weighted by Crippen LogP contribution is -2.01. The van der Waals surface area contributed by atoms with E-state index < -0.39 is 6.10 Å². The van der Waals surface area contributed by atoms with Gasteiger partial charge in [-0.1, -0.05) is 54.1 Å². The first kappa shape index (κ1) is 13.4. The van der Waals surface area contributed by atoms with Crippen molar-refractivity contribution in [3.05, 3.63) is 70.7 Å². The summed E-state index contributed by atoms with van der Waals surface area (Å²) in [4.78, 5) is 0. The van der Waals surface area contributed by atoms with Gasteiger partial charge in [-0.15, -0.1) is 11.6 Å².